The summed E-state index contributed by atoms with van der Waals surface area (Å²) < 4.78 is 79.0. The van der Waals surface area contributed by atoms with Crippen LogP contribution in [0.3, 0.4) is 0 Å². The van der Waals surface area contributed by atoms with Gasteiger partial charge in [0.2, 0.25) is 0 Å². The Morgan fingerprint density at radius 1 is 1.02 bits per heavy atom. The lowest BCUT2D eigenvalue weighted by molar-refractivity contribution is -0.143. The number of nitrogens with one attached hydrogen (secondary N) is 1. The number of alkyl halides is 6. The molecule has 1 amide bonds. The summed E-state index contributed by atoms with van der Waals surface area (Å²) in [7, 11) is 0. The van der Waals surface area contributed by atoms with Gasteiger partial charge >= 0.3 is 24.3 Å². The Morgan fingerprint density at radius 3 is 2.19 bits per heavy atom. The van der Waals surface area contributed by atoms with Crippen molar-refractivity contribution in [3.05, 3.63) is 58.0 Å². The fourth-order valence-corrected chi connectivity index (χ4v) is 4.95. The highest BCUT2D eigenvalue weighted by atomic mass is 32.2. The van der Waals surface area contributed by atoms with E-state index in [2.05, 4.69) is 22.2 Å². The van der Waals surface area contributed by atoms with E-state index in [-0.39, 0.29) is 29.3 Å². The van der Waals surface area contributed by atoms with Crippen molar-refractivity contribution in [1.82, 2.24) is 10.2 Å². The van der Waals surface area contributed by atoms with Gasteiger partial charge in [0.25, 0.3) is 5.24 Å². The van der Waals surface area contributed by atoms with E-state index in [1.807, 2.05) is 6.08 Å². The second-order valence-electron chi connectivity index (χ2n) is 9.80. The lowest BCUT2D eigenvalue weighted by Gasteiger charge is -2.31. The predicted octanol–water partition coefficient (Wildman–Crippen LogP) is 5.80. The minimum absolute atomic E-state index is 0.0859. The van der Waals surface area contributed by atoms with E-state index in [4.69, 9.17) is 10.2 Å². The lowest BCUT2D eigenvalue weighted by atomic mass is 9.95. The van der Waals surface area contributed by atoms with Gasteiger partial charge < -0.3 is 15.5 Å². The Balaban J connectivity index is 0.000000557. The van der Waals surface area contributed by atoms with Crippen molar-refractivity contribution in [2.24, 2.45) is 16.8 Å². The van der Waals surface area contributed by atoms with Gasteiger partial charge in [0.1, 0.15) is 12.4 Å². The van der Waals surface area contributed by atoms with Crippen molar-refractivity contribution in [2.45, 2.75) is 44.6 Å². The van der Waals surface area contributed by atoms with Crippen molar-refractivity contribution in [3.8, 4) is 11.8 Å². The number of amidine groups is 1. The topological polar surface area (TPSA) is 119 Å². The number of rotatable bonds is 6. The van der Waals surface area contributed by atoms with Crippen molar-refractivity contribution >= 4 is 34.8 Å². The first-order chi connectivity index (χ1) is 20.1. The van der Waals surface area contributed by atoms with Gasteiger partial charge in [0, 0.05) is 24.6 Å². The number of aliphatic carboxylic acids is 2. The molecule has 0 aromatic heterocycles. The number of thioether (sulfide) groups is 1. The molecular formula is C28H27F6N3O5S. The molecule has 3 N–H and O–H groups in total. The van der Waals surface area contributed by atoms with Crippen LogP contribution in [0.1, 0.15) is 42.4 Å². The van der Waals surface area contributed by atoms with Crippen molar-refractivity contribution < 1.29 is 50.9 Å². The fraction of sp³-hybridized carbons (Fsp3) is 0.429. The number of hydrogen-bond donors (Lipinski definition) is 3. The van der Waals surface area contributed by atoms with Gasteiger partial charge in [-0.25, -0.2) is 9.59 Å². The van der Waals surface area contributed by atoms with Gasteiger partial charge in [-0.2, -0.15) is 26.3 Å². The first kappa shape index (κ1) is 33.7. The third kappa shape index (κ3) is 11.4. The maximum absolute atomic E-state index is 13.4. The molecule has 0 spiro atoms. The summed E-state index contributed by atoms with van der Waals surface area (Å²) in [5.74, 6) is 4.66. The summed E-state index contributed by atoms with van der Waals surface area (Å²) in [5.41, 5.74) is -2.74. The largest absolute Gasteiger partial charge is 0.478 e. The molecule has 3 fully saturated rings. The van der Waals surface area contributed by atoms with Crippen molar-refractivity contribution in [2.75, 3.05) is 19.6 Å². The number of likely N-dealkylation sites (tertiary alicyclic amines) is 1. The van der Waals surface area contributed by atoms with Crippen LogP contribution in [-0.4, -0.2) is 57.8 Å². The number of carboxylic acids is 2. The molecular weight excluding hydrogens is 604 g/mol. The molecule has 0 radical (unpaired) electrons. The van der Waals surface area contributed by atoms with Crippen LogP contribution >= 0.6 is 11.8 Å². The van der Waals surface area contributed by atoms with Crippen LogP contribution in [0.5, 0.6) is 0 Å². The van der Waals surface area contributed by atoms with E-state index >= 15 is 0 Å². The predicted molar refractivity (Wildman–Crippen MR) is 146 cm³/mol. The second-order valence-corrected chi connectivity index (χ2v) is 10.8. The van der Waals surface area contributed by atoms with E-state index in [1.54, 1.807) is 4.90 Å². The minimum atomic E-state index is -4.88. The maximum Gasteiger partial charge on any atom is 0.416 e. The Labute approximate surface area is 246 Å². The molecule has 0 unspecified atom stereocenters. The highest BCUT2D eigenvalue weighted by Gasteiger charge is 2.38. The minimum Gasteiger partial charge on any atom is -0.478 e. The van der Waals surface area contributed by atoms with Crippen LogP contribution in [0.25, 0.3) is 0 Å². The first-order valence-electron chi connectivity index (χ1n) is 13.0. The highest BCUT2D eigenvalue weighted by Crippen LogP contribution is 2.38. The van der Waals surface area contributed by atoms with Crippen LogP contribution in [-0.2, 0) is 28.5 Å². The summed E-state index contributed by atoms with van der Waals surface area (Å²) in [5, 5.41) is 18.1. The summed E-state index contributed by atoms with van der Waals surface area (Å²) in [4.78, 5) is 37.8. The molecule has 1 aromatic carbocycles. The lowest BCUT2D eigenvalue weighted by Crippen LogP contribution is -2.33. The Bertz CT molecular complexity index is 1350. The van der Waals surface area contributed by atoms with Gasteiger partial charge in [-0.05, 0) is 74.1 Å². The normalized spacial score (nSPS) is 20.0. The molecule has 0 bridgehead atoms. The molecule has 1 saturated carbocycles. The number of amides is 1. The van der Waals surface area contributed by atoms with E-state index < -0.39 is 35.4 Å². The molecule has 2 saturated heterocycles. The average molecular weight is 632 g/mol. The van der Waals surface area contributed by atoms with Crippen LogP contribution in [0.15, 0.2) is 46.3 Å². The molecule has 232 valence electrons. The number of carboxylic acid groups (broad SMARTS) is 2. The summed E-state index contributed by atoms with van der Waals surface area (Å²) in [6.45, 7) is 1.19. The van der Waals surface area contributed by atoms with E-state index in [9.17, 15) is 40.7 Å². The molecule has 0 atom stereocenters. The Morgan fingerprint density at radius 2 is 1.65 bits per heavy atom. The molecule has 1 aliphatic carbocycles. The molecule has 3 aliphatic rings. The van der Waals surface area contributed by atoms with Gasteiger partial charge in [0.15, 0.2) is 0 Å². The maximum atomic E-state index is 13.4. The molecule has 15 heteroatoms. The smallest absolute Gasteiger partial charge is 0.416 e. The SMILES string of the molecule is O=C(O)C=CC(=O)O.O=C1NC(=NCC#CC2CC2)C(=CC2CCN(Cc3ccc(C(F)(F)F)cc3C(F)(F)F)CC2)S1. The van der Waals surface area contributed by atoms with Crippen LogP contribution in [0, 0.1) is 23.7 Å². The molecule has 8 nitrogen and oxygen atoms in total. The number of nitrogens with zero attached hydrogens (tertiary/aromatic N) is 2. The van der Waals surface area contributed by atoms with Gasteiger partial charge in [-0.3, -0.25) is 14.7 Å². The zero-order chi connectivity index (χ0) is 31.8. The van der Waals surface area contributed by atoms with Crippen molar-refractivity contribution in [3.63, 3.8) is 0 Å². The van der Waals surface area contributed by atoms with E-state index in [0.717, 1.165) is 35.6 Å². The zero-order valence-corrected chi connectivity index (χ0v) is 23.3. The molecule has 43 heavy (non-hydrogen) atoms. The second kappa shape index (κ2) is 14.6. The Kier molecular flexibility index (Phi) is 11.5. The van der Waals surface area contributed by atoms with Crippen LogP contribution < -0.4 is 5.32 Å². The fourth-order valence-electron chi connectivity index (χ4n) is 4.13. The molecule has 2 heterocycles. The summed E-state index contributed by atoms with van der Waals surface area (Å²) in [6, 6.07) is 1.80. The standard InChI is InChI=1S/C24H23F6N3OS.C4H4O4/c25-23(26,27)18-6-5-17(19(13-18)24(28,29)30)14-33-10-7-16(8-11-33)12-20-21(32-22(34)35-20)31-9-1-2-15-3-4-15;5-3(6)1-2-4(7)8/h5-6,12-13,15-16H,3-4,7-11,14H2,(H,31,32,34);1-2H,(H,5,6)(H,7,8). The molecule has 4 rings (SSSR count). The number of carbonyl (C=O) groups is 3. The number of benzene rings is 1. The first-order valence-corrected chi connectivity index (χ1v) is 13.8. The highest BCUT2D eigenvalue weighted by molar-refractivity contribution is 8.18. The third-order valence-corrected chi connectivity index (χ3v) is 7.22. The van der Waals surface area contributed by atoms with Crippen molar-refractivity contribution in [1.29, 1.82) is 0 Å². The van der Waals surface area contributed by atoms with Gasteiger partial charge in [-0.1, -0.05) is 24.0 Å². The number of aliphatic imine (C=N–C) groups is 1. The van der Waals surface area contributed by atoms with Crippen LogP contribution in [0.2, 0.25) is 0 Å². The average Bonchev–Trinajstić information content (AvgIpc) is 3.67. The Hall–Kier alpha value is -3.77. The summed E-state index contributed by atoms with van der Waals surface area (Å²) in [6.07, 6.45) is -3.10. The number of carbonyl (C=O) groups excluding carboxylic acids is 1. The number of allylic oxidation sites excluding steroid dienone is 1. The van der Waals surface area contributed by atoms with E-state index in [1.165, 1.54) is 0 Å². The third-order valence-electron chi connectivity index (χ3n) is 6.38. The summed E-state index contributed by atoms with van der Waals surface area (Å²) >= 11 is 1.06. The zero-order valence-electron chi connectivity index (χ0n) is 22.5. The quantitative estimate of drug-likeness (QED) is 0.206. The molecule has 2 aliphatic heterocycles. The van der Waals surface area contributed by atoms with Crippen LogP contribution in [0.4, 0.5) is 31.1 Å². The van der Waals surface area contributed by atoms with E-state index in [0.29, 0.717) is 62.4 Å². The molecule has 1 aromatic rings. The van der Waals surface area contributed by atoms with Gasteiger partial charge in [0.05, 0.1) is 16.0 Å². The number of halogens is 6. The number of piperidine rings is 1. The van der Waals surface area contributed by atoms with Gasteiger partial charge in [-0.15, -0.1) is 0 Å². The monoisotopic (exact) mass is 631 g/mol. The number of hydrogen-bond acceptors (Lipinski definition) is 6.